The van der Waals surface area contributed by atoms with Crippen molar-refractivity contribution in [2.45, 2.75) is 38.3 Å². The van der Waals surface area contributed by atoms with E-state index in [0.717, 1.165) is 18.7 Å². The first kappa shape index (κ1) is 12.8. The van der Waals surface area contributed by atoms with E-state index < -0.39 is 0 Å². The largest absolute Gasteiger partial charge is 0.324 e. The smallest absolute Gasteiger partial charge is 0.321 e. The Labute approximate surface area is 124 Å². The summed E-state index contributed by atoms with van der Waals surface area (Å²) in [6.07, 6.45) is 3.81. The summed E-state index contributed by atoms with van der Waals surface area (Å²) in [5.74, 6) is 0.675. The summed E-state index contributed by atoms with van der Waals surface area (Å²) >= 11 is 0. The molecule has 2 fully saturated rings. The number of hydrogen-bond donors (Lipinski definition) is 1. The Morgan fingerprint density at radius 3 is 2.57 bits per heavy atom. The van der Waals surface area contributed by atoms with Crippen LogP contribution in [0.4, 0.5) is 6.01 Å². The van der Waals surface area contributed by atoms with Crippen molar-refractivity contribution in [1.29, 1.82) is 0 Å². The zero-order valence-electron chi connectivity index (χ0n) is 12.2. The predicted octanol–water partition coefficient (Wildman–Crippen LogP) is 2.38. The Kier molecular flexibility index (Phi) is 3.15. The molecule has 2 aliphatic heterocycles. The van der Waals surface area contributed by atoms with Gasteiger partial charge >= 0.3 is 6.01 Å². The molecule has 0 saturated carbocycles. The molecule has 2 aromatic rings. The molecule has 2 atom stereocenters. The molecule has 0 aliphatic carbocycles. The molecule has 0 amide bonds. The first-order valence-corrected chi connectivity index (χ1v) is 7.70. The molecule has 2 bridgehead atoms. The van der Waals surface area contributed by atoms with Crippen LogP contribution >= 0.6 is 0 Å². The second kappa shape index (κ2) is 5.15. The minimum absolute atomic E-state index is 0.562. The van der Waals surface area contributed by atoms with Crippen molar-refractivity contribution < 1.29 is 4.52 Å². The van der Waals surface area contributed by atoms with E-state index in [1.807, 2.05) is 12.1 Å². The van der Waals surface area contributed by atoms with Crippen molar-refractivity contribution in [3.63, 3.8) is 0 Å². The van der Waals surface area contributed by atoms with Gasteiger partial charge in [-0.05, 0) is 19.8 Å². The minimum atomic E-state index is 0.562. The van der Waals surface area contributed by atoms with E-state index in [-0.39, 0.29) is 0 Å². The summed E-state index contributed by atoms with van der Waals surface area (Å²) in [4.78, 5) is 6.81. The van der Waals surface area contributed by atoms with Crippen molar-refractivity contribution in [3.8, 4) is 11.4 Å². The van der Waals surface area contributed by atoms with Crippen molar-refractivity contribution in [2.75, 3.05) is 18.0 Å². The lowest BCUT2D eigenvalue weighted by atomic mass is 9.94. The summed E-state index contributed by atoms with van der Waals surface area (Å²) in [6.45, 7) is 4.00. The van der Waals surface area contributed by atoms with E-state index in [1.54, 1.807) is 0 Å². The standard InChI is InChI=1S/C16H20N4O/c1-11-5-7-12(8-6-11)15-18-16(21-19-15)20-9-13-3-2-4-14(10-20)17-13/h5-8,13-14,17H,2-4,9-10H2,1H3. The topological polar surface area (TPSA) is 54.2 Å². The number of piperazine rings is 1. The second-order valence-electron chi connectivity index (χ2n) is 6.16. The highest BCUT2D eigenvalue weighted by atomic mass is 16.5. The quantitative estimate of drug-likeness (QED) is 0.917. The van der Waals surface area contributed by atoms with Crippen molar-refractivity contribution in [3.05, 3.63) is 29.8 Å². The predicted molar refractivity (Wildman–Crippen MR) is 81.2 cm³/mol. The third-order valence-electron chi connectivity index (χ3n) is 4.45. The van der Waals surface area contributed by atoms with Gasteiger partial charge in [-0.15, -0.1) is 0 Å². The lowest BCUT2D eigenvalue weighted by Gasteiger charge is -2.41. The first-order chi connectivity index (χ1) is 10.3. The van der Waals surface area contributed by atoms with E-state index in [2.05, 4.69) is 39.4 Å². The van der Waals surface area contributed by atoms with Crippen LogP contribution in [0.2, 0.25) is 0 Å². The van der Waals surface area contributed by atoms with Gasteiger partial charge in [0.1, 0.15) is 0 Å². The molecule has 5 heteroatoms. The fraction of sp³-hybridized carbons (Fsp3) is 0.500. The molecule has 1 aromatic heterocycles. The Bertz CT molecular complexity index is 609. The monoisotopic (exact) mass is 284 g/mol. The fourth-order valence-corrected chi connectivity index (χ4v) is 3.33. The van der Waals surface area contributed by atoms with Gasteiger partial charge in [-0.25, -0.2) is 0 Å². The molecule has 110 valence electrons. The van der Waals surface area contributed by atoms with Crippen LogP contribution in [0.3, 0.4) is 0 Å². The average Bonchev–Trinajstić information content (AvgIpc) is 2.97. The van der Waals surface area contributed by atoms with Gasteiger partial charge in [0.05, 0.1) is 0 Å². The van der Waals surface area contributed by atoms with Crippen LogP contribution in [0.15, 0.2) is 28.8 Å². The number of nitrogens with one attached hydrogen (secondary N) is 1. The molecule has 2 saturated heterocycles. The van der Waals surface area contributed by atoms with Crippen LogP contribution in [0.1, 0.15) is 24.8 Å². The Morgan fingerprint density at radius 1 is 1.14 bits per heavy atom. The highest BCUT2D eigenvalue weighted by molar-refractivity contribution is 5.56. The average molecular weight is 284 g/mol. The molecule has 5 nitrogen and oxygen atoms in total. The van der Waals surface area contributed by atoms with Gasteiger partial charge < -0.3 is 14.7 Å². The SMILES string of the molecule is Cc1ccc(-c2noc(N3CC4CCCC(C3)N4)n2)cc1. The number of rotatable bonds is 2. The Hall–Kier alpha value is -1.88. The number of aromatic nitrogens is 2. The third-order valence-corrected chi connectivity index (χ3v) is 4.45. The van der Waals surface area contributed by atoms with Crippen LogP contribution in [0.5, 0.6) is 0 Å². The van der Waals surface area contributed by atoms with Gasteiger partial charge in [0.25, 0.3) is 0 Å². The molecule has 3 heterocycles. The lowest BCUT2D eigenvalue weighted by Crippen LogP contribution is -2.58. The maximum atomic E-state index is 5.49. The maximum absolute atomic E-state index is 5.49. The summed E-state index contributed by atoms with van der Waals surface area (Å²) in [6, 6.07) is 10.00. The van der Waals surface area contributed by atoms with Gasteiger partial charge in [0, 0.05) is 30.7 Å². The zero-order valence-corrected chi connectivity index (χ0v) is 12.2. The molecule has 1 aromatic carbocycles. The number of aryl methyl sites for hydroxylation is 1. The minimum Gasteiger partial charge on any atom is -0.321 e. The van der Waals surface area contributed by atoms with Gasteiger partial charge in [-0.1, -0.05) is 41.4 Å². The Morgan fingerprint density at radius 2 is 1.86 bits per heavy atom. The maximum Gasteiger partial charge on any atom is 0.324 e. The van der Waals surface area contributed by atoms with Crippen LogP contribution in [0.25, 0.3) is 11.4 Å². The van der Waals surface area contributed by atoms with Crippen LogP contribution in [-0.2, 0) is 0 Å². The van der Waals surface area contributed by atoms with Gasteiger partial charge in [0.2, 0.25) is 5.82 Å². The highest BCUT2D eigenvalue weighted by Crippen LogP contribution is 2.25. The number of piperidine rings is 1. The third kappa shape index (κ3) is 2.53. The number of anilines is 1. The number of fused-ring (bicyclic) bond motifs is 2. The van der Waals surface area contributed by atoms with Gasteiger partial charge in [-0.2, -0.15) is 4.98 Å². The van der Waals surface area contributed by atoms with Crippen molar-refractivity contribution in [1.82, 2.24) is 15.5 Å². The van der Waals surface area contributed by atoms with Crippen molar-refractivity contribution >= 4 is 6.01 Å². The molecular formula is C16H20N4O. The van der Waals surface area contributed by atoms with Crippen LogP contribution in [-0.4, -0.2) is 35.3 Å². The first-order valence-electron chi connectivity index (χ1n) is 7.70. The molecule has 21 heavy (non-hydrogen) atoms. The number of benzene rings is 1. The van der Waals surface area contributed by atoms with Crippen LogP contribution < -0.4 is 10.2 Å². The van der Waals surface area contributed by atoms with Crippen molar-refractivity contribution in [2.24, 2.45) is 0 Å². The lowest BCUT2D eigenvalue weighted by molar-refractivity contribution is 0.271. The zero-order chi connectivity index (χ0) is 14.2. The molecule has 0 radical (unpaired) electrons. The molecule has 1 N–H and O–H groups in total. The fourth-order valence-electron chi connectivity index (χ4n) is 3.33. The molecule has 0 spiro atoms. The number of hydrogen-bond acceptors (Lipinski definition) is 5. The summed E-state index contributed by atoms with van der Waals surface area (Å²) in [5.41, 5.74) is 2.24. The molecule has 2 unspecified atom stereocenters. The van der Waals surface area contributed by atoms with E-state index in [1.165, 1.54) is 24.8 Å². The summed E-state index contributed by atoms with van der Waals surface area (Å²) in [7, 11) is 0. The normalized spacial score (nSPS) is 25.1. The van der Waals surface area contributed by atoms with E-state index in [0.29, 0.717) is 23.9 Å². The summed E-state index contributed by atoms with van der Waals surface area (Å²) in [5, 5.41) is 7.80. The second-order valence-corrected chi connectivity index (χ2v) is 6.16. The molecule has 4 rings (SSSR count). The van der Waals surface area contributed by atoms with Gasteiger partial charge in [-0.3, -0.25) is 0 Å². The van der Waals surface area contributed by atoms with Gasteiger partial charge in [0.15, 0.2) is 0 Å². The van der Waals surface area contributed by atoms with E-state index in [9.17, 15) is 0 Å². The summed E-state index contributed by atoms with van der Waals surface area (Å²) < 4.78 is 5.49. The van der Waals surface area contributed by atoms with E-state index >= 15 is 0 Å². The van der Waals surface area contributed by atoms with E-state index in [4.69, 9.17) is 4.52 Å². The van der Waals surface area contributed by atoms with Crippen LogP contribution in [0, 0.1) is 6.92 Å². The molecule has 2 aliphatic rings. The molecular weight excluding hydrogens is 264 g/mol. The highest BCUT2D eigenvalue weighted by Gasteiger charge is 2.32. The Balaban J connectivity index is 1.55. The number of nitrogens with zero attached hydrogens (tertiary/aromatic N) is 3.